The molecule has 3 N–H and O–H groups in total. The topological polar surface area (TPSA) is 119 Å². The summed E-state index contributed by atoms with van der Waals surface area (Å²) in [5.74, 6) is -0.290. The number of hydrogen-bond donors (Lipinski definition) is 3. The zero-order valence-corrected chi connectivity index (χ0v) is 23.0. The van der Waals surface area contributed by atoms with Crippen LogP contribution in [0.15, 0.2) is 55.0 Å². The van der Waals surface area contributed by atoms with Crippen LogP contribution in [0, 0.1) is 5.41 Å². The lowest BCUT2D eigenvalue weighted by Crippen LogP contribution is -2.45. The van der Waals surface area contributed by atoms with Crippen molar-refractivity contribution in [1.29, 1.82) is 0 Å². The standard InChI is InChI=1S/C31H40N4O5/c36-27-9-16-35(29(38)19-24-20-33-26-6-2-1-5-25(24)26)15-4-3-10-31(30(39)40-22-28(27)37)11-17-34(18-12-31)21-23-7-13-32-14-8-23/h1-2,5-8,13-14,20,27-28,33,36-37H,3-4,9-12,15-19,21-22H2/t27-,28+/m0/s1. The van der Waals surface area contributed by atoms with Gasteiger partial charge in [-0.15, -0.1) is 0 Å². The van der Waals surface area contributed by atoms with Crippen LogP contribution in [0.1, 0.15) is 49.7 Å². The first-order valence-electron chi connectivity index (χ1n) is 14.4. The van der Waals surface area contributed by atoms with E-state index in [1.54, 1.807) is 17.3 Å². The van der Waals surface area contributed by atoms with E-state index < -0.39 is 17.6 Å². The van der Waals surface area contributed by atoms with E-state index >= 15 is 0 Å². The first-order chi connectivity index (χ1) is 19.4. The smallest absolute Gasteiger partial charge is 0.312 e. The zero-order valence-electron chi connectivity index (χ0n) is 23.0. The molecule has 214 valence electrons. The average Bonchev–Trinajstić information content (AvgIpc) is 3.38. The Hall–Kier alpha value is -3.27. The van der Waals surface area contributed by atoms with Crippen molar-refractivity contribution >= 4 is 22.8 Å². The number of nitrogens with zero attached hydrogens (tertiary/aromatic N) is 3. The number of aliphatic hydroxyl groups excluding tert-OH is 2. The molecule has 9 nitrogen and oxygen atoms in total. The number of fused-ring (bicyclic) bond motifs is 1. The van der Waals surface area contributed by atoms with Gasteiger partial charge in [0, 0.05) is 49.1 Å². The van der Waals surface area contributed by atoms with Crippen LogP contribution in [-0.2, 0) is 27.3 Å². The number of hydrogen-bond acceptors (Lipinski definition) is 7. The fraction of sp³-hybridized carbons (Fsp3) is 0.516. The lowest BCUT2D eigenvalue weighted by atomic mass is 9.74. The number of piperidine rings is 1. The second-order valence-corrected chi connectivity index (χ2v) is 11.3. The molecule has 2 saturated heterocycles. The van der Waals surface area contributed by atoms with Crippen molar-refractivity contribution in [2.24, 2.45) is 5.41 Å². The first-order valence-corrected chi connectivity index (χ1v) is 14.4. The van der Waals surface area contributed by atoms with Crippen LogP contribution < -0.4 is 0 Å². The second kappa shape index (κ2) is 12.9. The monoisotopic (exact) mass is 548 g/mol. The third-order valence-electron chi connectivity index (χ3n) is 8.63. The van der Waals surface area contributed by atoms with E-state index in [-0.39, 0.29) is 31.3 Å². The van der Waals surface area contributed by atoms with Crippen molar-refractivity contribution in [3.63, 3.8) is 0 Å². The molecule has 0 unspecified atom stereocenters. The first kappa shape index (κ1) is 28.3. The summed E-state index contributed by atoms with van der Waals surface area (Å²) in [5.41, 5.74) is 2.51. The van der Waals surface area contributed by atoms with Gasteiger partial charge in [0.2, 0.25) is 5.91 Å². The predicted molar refractivity (Wildman–Crippen MR) is 151 cm³/mol. The lowest BCUT2D eigenvalue weighted by Gasteiger charge is -2.40. The normalized spacial score (nSPS) is 23.2. The highest BCUT2D eigenvalue weighted by atomic mass is 16.5. The van der Waals surface area contributed by atoms with Gasteiger partial charge in [0.25, 0.3) is 0 Å². The number of nitrogens with one attached hydrogen (secondary N) is 1. The van der Waals surface area contributed by atoms with Crippen LogP contribution in [0.25, 0.3) is 10.9 Å². The molecule has 2 aliphatic heterocycles. The number of likely N-dealkylation sites (tertiary alicyclic amines) is 1. The summed E-state index contributed by atoms with van der Waals surface area (Å²) < 4.78 is 5.61. The van der Waals surface area contributed by atoms with Crippen molar-refractivity contribution in [1.82, 2.24) is 19.8 Å². The fourth-order valence-electron chi connectivity index (χ4n) is 6.03. The number of aromatic amines is 1. The van der Waals surface area contributed by atoms with Crippen LogP contribution in [0.3, 0.4) is 0 Å². The highest BCUT2D eigenvalue weighted by Crippen LogP contribution is 2.38. The number of aromatic nitrogens is 2. The van der Waals surface area contributed by atoms with Crippen molar-refractivity contribution in [2.45, 2.75) is 63.7 Å². The van der Waals surface area contributed by atoms with E-state index in [1.807, 2.05) is 42.6 Å². The molecule has 2 fully saturated rings. The van der Waals surface area contributed by atoms with Gasteiger partial charge in [0.15, 0.2) is 0 Å². The number of carbonyl (C=O) groups is 2. The summed E-state index contributed by atoms with van der Waals surface area (Å²) in [6, 6.07) is 11.9. The molecule has 40 heavy (non-hydrogen) atoms. The molecule has 0 aliphatic carbocycles. The number of ether oxygens (including phenoxy) is 1. The summed E-state index contributed by atoms with van der Waals surface area (Å²) >= 11 is 0. The number of amides is 1. The van der Waals surface area contributed by atoms with Gasteiger partial charge in [-0.3, -0.25) is 19.5 Å². The van der Waals surface area contributed by atoms with E-state index in [9.17, 15) is 19.8 Å². The summed E-state index contributed by atoms with van der Waals surface area (Å²) in [5, 5.41) is 22.2. The molecule has 2 aromatic heterocycles. The predicted octanol–water partition coefficient (Wildman–Crippen LogP) is 3.06. The highest BCUT2D eigenvalue weighted by molar-refractivity contribution is 5.88. The number of esters is 1. The minimum absolute atomic E-state index is 0.00669. The molecule has 3 aromatic rings. The molecule has 2 aliphatic rings. The van der Waals surface area contributed by atoms with E-state index in [2.05, 4.69) is 14.9 Å². The van der Waals surface area contributed by atoms with Crippen LogP contribution in [0.5, 0.6) is 0 Å². The number of rotatable bonds is 4. The molecular weight excluding hydrogens is 508 g/mol. The molecule has 0 radical (unpaired) electrons. The Labute approximate surface area is 235 Å². The van der Waals surface area contributed by atoms with Gasteiger partial charge >= 0.3 is 5.97 Å². The number of aliphatic hydroxyl groups is 2. The Morgan fingerprint density at radius 1 is 1.00 bits per heavy atom. The van der Waals surface area contributed by atoms with Gasteiger partial charge in [-0.1, -0.05) is 24.6 Å². The summed E-state index contributed by atoms with van der Waals surface area (Å²) in [6.45, 7) is 3.00. The van der Waals surface area contributed by atoms with Gasteiger partial charge in [-0.25, -0.2) is 0 Å². The largest absolute Gasteiger partial charge is 0.462 e. The summed E-state index contributed by atoms with van der Waals surface area (Å²) in [4.78, 5) is 38.2. The van der Waals surface area contributed by atoms with Crippen molar-refractivity contribution in [3.8, 4) is 0 Å². The molecule has 9 heteroatoms. The SMILES string of the molecule is O=C(Cc1c[nH]c2ccccc12)N1CCCCC2(CCN(Cc3ccncc3)CC2)C(=O)OC[C@@H](O)[C@@H](O)CC1. The van der Waals surface area contributed by atoms with Crippen LogP contribution in [-0.4, -0.2) is 86.9 Å². The van der Waals surface area contributed by atoms with E-state index in [0.717, 1.165) is 48.9 Å². The molecule has 0 bridgehead atoms. The maximum absolute atomic E-state index is 13.4. The molecule has 5 rings (SSSR count). The average molecular weight is 549 g/mol. The lowest BCUT2D eigenvalue weighted by molar-refractivity contribution is -0.165. The third kappa shape index (κ3) is 6.71. The number of benzene rings is 1. The minimum Gasteiger partial charge on any atom is -0.462 e. The Bertz CT molecular complexity index is 1270. The summed E-state index contributed by atoms with van der Waals surface area (Å²) in [6.07, 6.45) is 7.26. The highest BCUT2D eigenvalue weighted by Gasteiger charge is 2.42. The number of cyclic esters (lactones) is 1. The number of carbonyl (C=O) groups excluding carboxylic acids is 2. The molecule has 2 atom stereocenters. The number of pyridine rings is 1. The Morgan fingerprint density at radius 3 is 2.58 bits per heavy atom. The fourth-order valence-corrected chi connectivity index (χ4v) is 6.03. The van der Waals surface area contributed by atoms with Crippen LogP contribution in [0.2, 0.25) is 0 Å². The maximum Gasteiger partial charge on any atom is 0.312 e. The Balaban J connectivity index is 1.24. The van der Waals surface area contributed by atoms with Gasteiger partial charge in [0.05, 0.1) is 17.9 Å². The van der Waals surface area contributed by atoms with Gasteiger partial charge in [-0.2, -0.15) is 0 Å². The minimum atomic E-state index is -1.20. The van der Waals surface area contributed by atoms with E-state index in [0.29, 0.717) is 32.4 Å². The van der Waals surface area contributed by atoms with Crippen molar-refractivity contribution in [3.05, 3.63) is 66.1 Å². The molecule has 4 heterocycles. The second-order valence-electron chi connectivity index (χ2n) is 11.3. The van der Waals surface area contributed by atoms with Gasteiger partial charge < -0.3 is 24.8 Å². The number of H-pyrrole nitrogens is 1. The Morgan fingerprint density at radius 2 is 1.77 bits per heavy atom. The van der Waals surface area contributed by atoms with Crippen molar-refractivity contribution in [2.75, 3.05) is 32.8 Å². The number of para-hydroxylation sites is 1. The molecule has 1 spiro atoms. The molecular formula is C31H40N4O5. The zero-order chi connectivity index (χ0) is 28.0. The van der Waals surface area contributed by atoms with Crippen molar-refractivity contribution < 1.29 is 24.5 Å². The van der Waals surface area contributed by atoms with E-state index in [4.69, 9.17) is 4.74 Å². The van der Waals surface area contributed by atoms with Gasteiger partial charge in [-0.05, 0) is 74.5 Å². The van der Waals surface area contributed by atoms with Crippen LogP contribution >= 0.6 is 0 Å². The maximum atomic E-state index is 13.4. The summed E-state index contributed by atoms with van der Waals surface area (Å²) in [7, 11) is 0. The van der Waals surface area contributed by atoms with Gasteiger partial charge in [0.1, 0.15) is 12.7 Å². The quantitative estimate of drug-likeness (QED) is 0.429. The molecule has 1 amide bonds. The van der Waals surface area contributed by atoms with Crippen LogP contribution in [0.4, 0.5) is 0 Å². The third-order valence-corrected chi connectivity index (χ3v) is 8.63. The molecule has 1 aromatic carbocycles. The molecule has 0 saturated carbocycles. The Kier molecular flexibility index (Phi) is 9.14. The van der Waals surface area contributed by atoms with E-state index in [1.165, 1.54) is 5.56 Å².